The van der Waals surface area contributed by atoms with Crippen molar-refractivity contribution in [1.29, 1.82) is 0 Å². The molecular weight excluding hydrogens is 611 g/mol. The SMILES string of the molecule is C[Si]1(C)c2ccccc2-c2c(-c3nc(-c4ccc(-c5ccc6ccccc6c5)cc4)nc(-c4ccccc4-c4ccccc4)n3)cccc21. The first kappa shape index (κ1) is 29.2. The summed E-state index contributed by atoms with van der Waals surface area (Å²) in [6, 6.07) is 58.2. The molecule has 49 heavy (non-hydrogen) atoms. The van der Waals surface area contributed by atoms with Gasteiger partial charge in [-0.05, 0) is 60.6 Å². The van der Waals surface area contributed by atoms with Gasteiger partial charge in [-0.3, -0.25) is 0 Å². The van der Waals surface area contributed by atoms with Crippen molar-refractivity contribution in [2.75, 3.05) is 0 Å². The first-order valence-electron chi connectivity index (χ1n) is 16.8. The van der Waals surface area contributed by atoms with Crippen LogP contribution in [0, 0.1) is 0 Å². The van der Waals surface area contributed by atoms with Crippen molar-refractivity contribution in [3.05, 3.63) is 164 Å². The van der Waals surface area contributed by atoms with Crippen LogP contribution in [0.15, 0.2) is 164 Å². The van der Waals surface area contributed by atoms with E-state index >= 15 is 0 Å². The van der Waals surface area contributed by atoms with Gasteiger partial charge in [0.05, 0.1) is 0 Å². The van der Waals surface area contributed by atoms with E-state index in [1.807, 2.05) is 6.07 Å². The van der Waals surface area contributed by atoms with Gasteiger partial charge in [-0.25, -0.2) is 15.0 Å². The van der Waals surface area contributed by atoms with Gasteiger partial charge in [-0.15, -0.1) is 0 Å². The third kappa shape index (κ3) is 5.00. The van der Waals surface area contributed by atoms with Crippen LogP contribution in [-0.4, -0.2) is 23.0 Å². The summed E-state index contributed by atoms with van der Waals surface area (Å²) in [5.74, 6) is 2.02. The molecule has 232 valence electrons. The molecule has 9 rings (SSSR count). The fourth-order valence-corrected chi connectivity index (χ4v) is 10.5. The van der Waals surface area contributed by atoms with E-state index in [1.165, 1.54) is 37.8 Å². The molecule has 0 radical (unpaired) electrons. The van der Waals surface area contributed by atoms with Crippen molar-refractivity contribution in [2.24, 2.45) is 0 Å². The molecule has 1 aliphatic rings. The van der Waals surface area contributed by atoms with Gasteiger partial charge in [0.2, 0.25) is 0 Å². The fourth-order valence-electron chi connectivity index (χ4n) is 7.41. The lowest BCUT2D eigenvalue weighted by atomic mass is 9.98. The van der Waals surface area contributed by atoms with Gasteiger partial charge < -0.3 is 0 Å². The first-order valence-corrected chi connectivity index (χ1v) is 19.8. The Morgan fingerprint density at radius 2 is 0.898 bits per heavy atom. The maximum atomic E-state index is 5.27. The Hall–Kier alpha value is -5.97. The molecule has 0 fully saturated rings. The zero-order valence-electron chi connectivity index (χ0n) is 27.4. The molecule has 0 aliphatic carbocycles. The summed E-state index contributed by atoms with van der Waals surface area (Å²) in [4.78, 5) is 15.7. The molecule has 0 saturated carbocycles. The smallest absolute Gasteiger partial charge is 0.164 e. The average Bonchev–Trinajstić information content (AvgIpc) is 3.41. The maximum absolute atomic E-state index is 5.27. The predicted molar refractivity (Wildman–Crippen MR) is 207 cm³/mol. The Bertz CT molecular complexity index is 2520. The van der Waals surface area contributed by atoms with Gasteiger partial charge in [-0.2, -0.15) is 0 Å². The lowest BCUT2D eigenvalue weighted by molar-refractivity contribution is 1.08. The van der Waals surface area contributed by atoms with Gasteiger partial charge in [0.25, 0.3) is 0 Å². The Morgan fingerprint density at radius 1 is 0.347 bits per heavy atom. The van der Waals surface area contributed by atoms with Crippen molar-refractivity contribution in [3.8, 4) is 67.5 Å². The van der Waals surface area contributed by atoms with Crippen LogP contribution in [0.1, 0.15) is 0 Å². The van der Waals surface area contributed by atoms with E-state index < -0.39 is 8.07 Å². The van der Waals surface area contributed by atoms with E-state index in [9.17, 15) is 0 Å². The highest BCUT2D eigenvalue weighted by Gasteiger charge is 2.38. The molecule has 0 amide bonds. The van der Waals surface area contributed by atoms with Gasteiger partial charge in [0, 0.05) is 16.7 Å². The fraction of sp³-hybridized carbons (Fsp3) is 0.0444. The summed E-state index contributed by atoms with van der Waals surface area (Å²) in [6.45, 7) is 4.89. The van der Waals surface area contributed by atoms with Gasteiger partial charge in [0.15, 0.2) is 17.5 Å². The van der Waals surface area contributed by atoms with Crippen molar-refractivity contribution in [2.45, 2.75) is 13.1 Å². The van der Waals surface area contributed by atoms with Crippen molar-refractivity contribution in [1.82, 2.24) is 15.0 Å². The van der Waals surface area contributed by atoms with Crippen LogP contribution >= 0.6 is 0 Å². The van der Waals surface area contributed by atoms with E-state index in [2.05, 4.69) is 171 Å². The highest BCUT2D eigenvalue weighted by molar-refractivity contribution is 7.04. The molecule has 1 aromatic heterocycles. The van der Waals surface area contributed by atoms with Crippen LogP contribution in [0.25, 0.3) is 78.3 Å². The van der Waals surface area contributed by atoms with Crippen molar-refractivity contribution >= 4 is 29.2 Å². The number of rotatable bonds is 5. The molecule has 1 aliphatic heterocycles. The number of benzene rings is 7. The largest absolute Gasteiger partial charge is 0.208 e. The Balaban J connectivity index is 1.23. The van der Waals surface area contributed by atoms with Gasteiger partial charge in [-0.1, -0.05) is 171 Å². The summed E-state index contributed by atoms with van der Waals surface area (Å²) in [5.41, 5.74) is 10.1. The number of nitrogens with zero attached hydrogens (tertiary/aromatic N) is 3. The molecule has 2 heterocycles. The van der Waals surface area contributed by atoms with Crippen LogP contribution in [0.2, 0.25) is 13.1 Å². The highest BCUT2D eigenvalue weighted by atomic mass is 28.3. The summed E-state index contributed by atoms with van der Waals surface area (Å²) in [5, 5.41) is 5.37. The molecule has 8 aromatic rings. The zero-order chi connectivity index (χ0) is 33.0. The second kappa shape index (κ2) is 11.6. The molecule has 0 unspecified atom stereocenters. The minimum Gasteiger partial charge on any atom is -0.208 e. The number of hydrogen-bond acceptors (Lipinski definition) is 3. The van der Waals surface area contributed by atoms with E-state index in [4.69, 9.17) is 15.0 Å². The van der Waals surface area contributed by atoms with Crippen LogP contribution in [0.3, 0.4) is 0 Å². The van der Waals surface area contributed by atoms with Crippen molar-refractivity contribution in [3.63, 3.8) is 0 Å². The topological polar surface area (TPSA) is 38.7 Å². The normalized spacial score (nSPS) is 12.9. The minimum absolute atomic E-state index is 0.660. The van der Waals surface area contributed by atoms with Gasteiger partial charge in [0.1, 0.15) is 8.07 Å². The summed E-state index contributed by atoms with van der Waals surface area (Å²) in [7, 11) is -1.88. The number of aromatic nitrogens is 3. The van der Waals surface area contributed by atoms with E-state index in [0.29, 0.717) is 17.5 Å². The highest BCUT2D eigenvalue weighted by Crippen LogP contribution is 2.38. The molecular formula is C45H33N3Si. The van der Waals surface area contributed by atoms with Crippen LogP contribution in [0.4, 0.5) is 0 Å². The summed E-state index contributed by atoms with van der Waals surface area (Å²) in [6.07, 6.45) is 0. The minimum atomic E-state index is -1.88. The molecule has 0 bridgehead atoms. The van der Waals surface area contributed by atoms with Crippen LogP contribution in [0.5, 0.6) is 0 Å². The predicted octanol–water partition coefficient (Wildman–Crippen LogP) is 10.2. The number of fused-ring (bicyclic) bond motifs is 4. The van der Waals surface area contributed by atoms with Crippen molar-refractivity contribution < 1.29 is 0 Å². The molecule has 4 heteroatoms. The zero-order valence-corrected chi connectivity index (χ0v) is 28.4. The second-order valence-corrected chi connectivity index (χ2v) is 17.6. The molecule has 7 aromatic carbocycles. The van der Waals surface area contributed by atoms with Crippen LogP contribution < -0.4 is 10.4 Å². The van der Waals surface area contributed by atoms with E-state index in [-0.39, 0.29) is 0 Å². The standard InChI is InChI=1S/C45H33N3Si/c1-49(2)40-21-11-10-19-38(40)42-39(20-12-22-41(42)49)45-47-43(46-44(48-45)37-18-9-8-17-36(37)32-14-4-3-5-15-32)33-26-23-31(24-27-33)35-28-25-30-13-6-7-16-34(30)29-35/h3-29H,1-2H3. The lowest BCUT2D eigenvalue weighted by Gasteiger charge is -2.19. The Labute approximate surface area is 287 Å². The number of hydrogen-bond donors (Lipinski definition) is 0. The quantitative estimate of drug-likeness (QED) is 0.175. The maximum Gasteiger partial charge on any atom is 0.164 e. The molecule has 0 saturated heterocycles. The molecule has 0 spiro atoms. The van der Waals surface area contributed by atoms with E-state index in [0.717, 1.165) is 33.4 Å². The van der Waals surface area contributed by atoms with E-state index in [1.54, 1.807) is 0 Å². The lowest BCUT2D eigenvalue weighted by Crippen LogP contribution is -2.49. The summed E-state index contributed by atoms with van der Waals surface area (Å²) >= 11 is 0. The summed E-state index contributed by atoms with van der Waals surface area (Å²) < 4.78 is 0. The average molecular weight is 644 g/mol. The third-order valence-electron chi connectivity index (χ3n) is 9.96. The molecule has 0 N–H and O–H groups in total. The Kier molecular flexibility index (Phi) is 6.92. The van der Waals surface area contributed by atoms with Crippen LogP contribution in [-0.2, 0) is 0 Å². The van der Waals surface area contributed by atoms with Gasteiger partial charge >= 0.3 is 0 Å². The first-order chi connectivity index (χ1) is 24.0. The monoisotopic (exact) mass is 643 g/mol. The second-order valence-electron chi connectivity index (χ2n) is 13.3. The Morgan fingerprint density at radius 3 is 1.69 bits per heavy atom. The third-order valence-corrected chi connectivity index (χ3v) is 13.5. The molecule has 0 atom stereocenters. The molecule has 3 nitrogen and oxygen atoms in total.